The van der Waals surface area contributed by atoms with Gasteiger partial charge in [-0.05, 0) is 36.5 Å². The quantitative estimate of drug-likeness (QED) is 0.199. The third-order valence-electron chi connectivity index (χ3n) is 2.76. The Morgan fingerprint density at radius 3 is 2.16 bits per heavy atom. The zero-order valence-corrected chi connectivity index (χ0v) is 14.2. The van der Waals surface area contributed by atoms with E-state index in [-0.39, 0.29) is 27.3 Å². The van der Waals surface area contributed by atoms with Crippen molar-refractivity contribution in [1.29, 1.82) is 0 Å². The van der Waals surface area contributed by atoms with E-state index >= 15 is 0 Å². The van der Waals surface area contributed by atoms with Gasteiger partial charge in [-0.15, -0.1) is 14.6 Å². The van der Waals surface area contributed by atoms with E-state index in [9.17, 15) is 8.42 Å². The van der Waals surface area contributed by atoms with Crippen LogP contribution < -0.4 is 28.7 Å². The van der Waals surface area contributed by atoms with Crippen molar-refractivity contribution in [3.05, 3.63) is 24.3 Å². The fraction of sp³-hybridized carbons (Fsp3) is 0. The number of nitrogen functional groups attached to an aromatic ring is 2. The Morgan fingerprint density at radius 1 is 1.08 bits per heavy atom. The van der Waals surface area contributed by atoms with E-state index in [1.807, 2.05) is 0 Å². The molecule has 132 valence electrons. The summed E-state index contributed by atoms with van der Waals surface area (Å²) in [5, 5.41) is 11.5. The van der Waals surface area contributed by atoms with Crippen LogP contribution in [-0.2, 0) is 10.0 Å². The average molecular weight is 382 g/mol. The second-order valence-corrected chi connectivity index (χ2v) is 6.58. The summed E-state index contributed by atoms with van der Waals surface area (Å²) in [4.78, 5) is -0.111. The van der Waals surface area contributed by atoms with Gasteiger partial charge < -0.3 is 28.7 Å². The number of hydrogen-bond acceptors (Lipinski definition) is 8. The molecule has 2 rings (SSSR count). The van der Waals surface area contributed by atoms with Gasteiger partial charge in [0.2, 0.25) is 5.96 Å². The van der Waals surface area contributed by atoms with Gasteiger partial charge in [-0.3, -0.25) is 0 Å². The van der Waals surface area contributed by atoms with Crippen LogP contribution >= 0.6 is 12.2 Å². The Labute approximate surface area is 147 Å². The molecule has 2 aromatic rings. The molecule has 0 spiro atoms. The molecule has 0 radical (unpaired) electrons. The Kier molecular flexibility index (Phi) is 4.84. The van der Waals surface area contributed by atoms with E-state index in [1.165, 1.54) is 24.3 Å². The first-order valence-corrected chi connectivity index (χ1v) is 8.28. The monoisotopic (exact) mass is 382 g/mol. The number of rotatable bonds is 4. The Morgan fingerprint density at radius 2 is 1.68 bits per heavy atom. The minimum Gasteiger partial charge on any atom is -0.382 e. The molecule has 0 aliphatic heterocycles. The molecule has 0 amide bonds. The first kappa shape index (κ1) is 18.1. The van der Waals surface area contributed by atoms with Crippen molar-refractivity contribution in [2.24, 2.45) is 31.8 Å². The van der Waals surface area contributed by atoms with Crippen LogP contribution in [0.25, 0.3) is 0 Å². The summed E-state index contributed by atoms with van der Waals surface area (Å²) in [6.45, 7) is 0. The van der Waals surface area contributed by atoms with Crippen molar-refractivity contribution in [2.45, 2.75) is 4.90 Å². The molecule has 25 heavy (non-hydrogen) atoms. The van der Waals surface area contributed by atoms with Crippen molar-refractivity contribution in [3.63, 3.8) is 0 Å². The van der Waals surface area contributed by atoms with E-state index in [0.29, 0.717) is 5.69 Å². The van der Waals surface area contributed by atoms with Gasteiger partial charge in [0.15, 0.2) is 22.4 Å². The molecule has 0 saturated heterocycles. The molecule has 1 aromatic heterocycles. The SMILES string of the molecule is NC(=S)n1nc(N)c(N=Nc2ccc(S(=O)(=O)N=C(N)N)cc2)c1N. The van der Waals surface area contributed by atoms with Crippen molar-refractivity contribution in [3.8, 4) is 0 Å². The van der Waals surface area contributed by atoms with Gasteiger partial charge in [0, 0.05) is 0 Å². The van der Waals surface area contributed by atoms with Crippen LogP contribution in [0.15, 0.2) is 43.8 Å². The largest absolute Gasteiger partial charge is 0.382 e. The number of aromatic nitrogens is 2. The molecular weight excluding hydrogens is 368 g/mol. The average Bonchev–Trinajstić information content (AvgIpc) is 2.79. The van der Waals surface area contributed by atoms with Crippen LogP contribution in [0.3, 0.4) is 0 Å². The number of thiocarbonyl (C=S) groups is 1. The number of anilines is 2. The van der Waals surface area contributed by atoms with Crippen molar-refractivity contribution in [1.82, 2.24) is 9.78 Å². The molecule has 1 heterocycles. The molecule has 0 aliphatic carbocycles. The highest BCUT2D eigenvalue weighted by Gasteiger charge is 2.15. The summed E-state index contributed by atoms with van der Waals surface area (Å²) >= 11 is 4.76. The van der Waals surface area contributed by atoms with Gasteiger partial charge in [-0.2, -0.15) is 18.2 Å². The standard InChI is InChI=1S/C11H14N10O2S2/c12-8-7(9(13)21(19-8)11(16)24)18-17-5-1-3-6(4-2-5)25(22,23)20-10(14)15/h1-4H,13H2,(H2,12,19)(H2,16,24)(H4,14,15,20). The van der Waals surface area contributed by atoms with E-state index in [1.54, 1.807) is 0 Å². The summed E-state index contributed by atoms with van der Waals surface area (Å²) in [7, 11) is -3.98. The number of benzene rings is 1. The second-order valence-electron chi connectivity index (χ2n) is 4.55. The highest BCUT2D eigenvalue weighted by Crippen LogP contribution is 2.30. The Hall–Kier alpha value is -3.26. The summed E-state index contributed by atoms with van der Waals surface area (Å²) in [6, 6.07) is 5.31. The summed E-state index contributed by atoms with van der Waals surface area (Å²) < 4.78 is 27.9. The molecule has 14 heteroatoms. The van der Waals surface area contributed by atoms with Gasteiger partial charge in [0.1, 0.15) is 0 Å². The molecule has 0 unspecified atom stereocenters. The minimum atomic E-state index is -3.98. The number of guanidine groups is 1. The molecule has 10 N–H and O–H groups in total. The van der Waals surface area contributed by atoms with Gasteiger partial charge in [0.05, 0.1) is 10.6 Å². The maximum absolute atomic E-state index is 11.8. The third-order valence-corrected chi connectivity index (χ3v) is 4.25. The molecule has 0 saturated carbocycles. The molecule has 12 nitrogen and oxygen atoms in total. The van der Waals surface area contributed by atoms with Crippen molar-refractivity contribution < 1.29 is 8.42 Å². The minimum absolute atomic E-state index is 0.0130. The highest BCUT2D eigenvalue weighted by molar-refractivity contribution is 7.90. The number of azo groups is 1. The zero-order valence-electron chi connectivity index (χ0n) is 12.6. The van der Waals surface area contributed by atoms with Crippen LogP contribution in [0.5, 0.6) is 0 Å². The van der Waals surface area contributed by atoms with Crippen molar-refractivity contribution in [2.75, 3.05) is 11.5 Å². The third kappa shape index (κ3) is 3.99. The maximum atomic E-state index is 11.8. The predicted molar refractivity (Wildman–Crippen MR) is 96.8 cm³/mol. The lowest BCUT2D eigenvalue weighted by molar-refractivity contribution is 0.598. The van der Waals surface area contributed by atoms with Gasteiger partial charge in [-0.25, -0.2) is 0 Å². The zero-order chi connectivity index (χ0) is 18.8. The number of hydrogen-bond donors (Lipinski definition) is 5. The van der Waals surface area contributed by atoms with E-state index < -0.39 is 16.0 Å². The van der Waals surface area contributed by atoms with Crippen LogP contribution in [0.1, 0.15) is 0 Å². The Bertz CT molecular complexity index is 971. The lowest BCUT2D eigenvalue weighted by Crippen LogP contribution is -2.24. The van der Waals surface area contributed by atoms with Gasteiger partial charge >= 0.3 is 0 Å². The lowest BCUT2D eigenvalue weighted by atomic mass is 10.3. The molecular formula is C11H14N10O2S2. The van der Waals surface area contributed by atoms with Crippen LogP contribution in [0, 0.1) is 0 Å². The van der Waals surface area contributed by atoms with Crippen molar-refractivity contribution >= 4 is 56.3 Å². The van der Waals surface area contributed by atoms with E-state index in [2.05, 4.69) is 19.7 Å². The predicted octanol–water partition coefficient (Wildman–Crippen LogP) is -0.483. The summed E-state index contributed by atoms with van der Waals surface area (Å²) in [5.74, 6) is -0.550. The molecule has 0 aliphatic rings. The first-order chi connectivity index (χ1) is 11.6. The van der Waals surface area contributed by atoms with E-state index in [4.69, 9.17) is 40.9 Å². The van der Waals surface area contributed by atoms with Crippen LogP contribution in [0.4, 0.5) is 23.0 Å². The van der Waals surface area contributed by atoms with E-state index in [0.717, 1.165) is 4.68 Å². The highest BCUT2D eigenvalue weighted by atomic mass is 32.2. The molecule has 0 bridgehead atoms. The number of nitrogens with zero attached hydrogens (tertiary/aromatic N) is 5. The second kappa shape index (κ2) is 6.70. The fourth-order valence-electron chi connectivity index (χ4n) is 1.69. The topological polar surface area (TPSA) is 219 Å². The van der Waals surface area contributed by atoms with Gasteiger partial charge in [0.25, 0.3) is 10.0 Å². The first-order valence-electron chi connectivity index (χ1n) is 6.43. The summed E-state index contributed by atoms with van der Waals surface area (Å²) in [5.41, 5.74) is 27.4. The molecule has 0 atom stereocenters. The Balaban J connectivity index is 2.30. The number of sulfonamides is 1. The smallest absolute Gasteiger partial charge is 0.285 e. The lowest BCUT2D eigenvalue weighted by Gasteiger charge is -2.00. The van der Waals surface area contributed by atoms with Gasteiger partial charge in [-0.1, -0.05) is 0 Å². The summed E-state index contributed by atoms with van der Waals surface area (Å²) in [6.07, 6.45) is 0. The normalized spacial score (nSPS) is 11.5. The van der Waals surface area contributed by atoms with Crippen LogP contribution in [0.2, 0.25) is 0 Å². The molecule has 0 fully saturated rings. The number of nitrogens with two attached hydrogens (primary N) is 5. The molecule has 1 aromatic carbocycles. The van der Waals surface area contributed by atoms with Crippen LogP contribution in [-0.4, -0.2) is 29.3 Å². The fourth-order valence-corrected chi connectivity index (χ4v) is 2.70. The maximum Gasteiger partial charge on any atom is 0.285 e.